The Bertz CT molecular complexity index is 1250. The third-order valence-corrected chi connectivity index (χ3v) is 8.39. The summed E-state index contributed by atoms with van der Waals surface area (Å²) in [5, 5.41) is 13.0. The first-order valence-electron chi connectivity index (χ1n) is 13.4. The van der Waals surface area contributed by atoms with Crippen molar-refractivity contribution in [1.82, 2.24) is 14.8 Å². The zero-order chi connectivity index (χ0) is 27.1. The Balaban J connectivity index is 1.43. The summed E-state index contributed by atoms with van der Waals surface area (Å²) in [5.74, 6) is 1.19. The number of nitrogens with one attached hydrogen (secondary N) is 1. The SMILES string of the molecule is CCCCOc1ccc(-c2nnc(SCC(=O)Nc3sc4c(c3C(=O)OC(C)C)CCCC4)n2CC)cc1. The van der Waals surface area contributed by atoms with Crippen LogP contribution in [0.25, 0.3) is 11.4 Å². The molecule has 4 rings (SSSR count). The highest BCUT2D eigenvalue weighted by atomic mass is 32.2. The fraction of sp³-hybridized carbons (Fsp3) is 0.500. The van der Waals surface area contributed by atoms with Crippen molar-refractivity contribution >= 4 is 40.0 Å². The highest BCUT2D eigenvalue weighted by Crippen LogP contribution is 2.39. The van der Waals surface area contributed by atoms with Gasteiger partial charge in [0.1, 0.15) is 10.8 Å². The number of unbranched alkanes of at least 4 members (excludes halogenated alkanes) is 1. The Morgan fingerprint density at radius 2 is 1.89 bits per heavy atom. The van der Waals surface area contributed by atoms with E-state index in [-0.39, 0.29) is 23.7 Å². The van der Waals surface area contributed by atoms with Gasteiger partial charge in [-0.15, -0.1) is 21.5 Å². The van der Waals surface area contributed by atoms with Gasteiger partial charge >= 0.3 is 5.97 Å². The monoisotopic (exact) mass is 556 g/mol. The Hall–Kier alpha value is -2.85. The predicted molar refractivity (Wildman–Crippen MR) is 152 cm³/mol. The molecule has 38 heavy (non-hydrogen) atoms. The number of carbonyl (C=O) groups excluding carboxylic acids is 2. The number of rotatable bonds is 12. The number of amides is 1. The fourth-order valence-electron chi connectivity index (χ4n) is 4.36. The van der Waals surface area contributed by atoms with Gasteiger partial charge in [0.2, 0.25) is 5.91 Å². The summed E-state index contributed by atoms with van der Waals surface area (Å²) in [6.45, 7) is 9.21. The van der Waals surface area contributed by atoms with Crippen LogP contribution < -0.4 is 10.1 Å². The van der Waals surface area contributed by atoms with Crippen molar-refractivity contribution < 1.29 is 19.1 Å². The molecule has 1 aliphatic rings. The number of nitrogens with zero attached hydrogens (tertiary/aromatic N) is 3. The number of ether oxygens (including phenoxy) is 2. The zero-order valence-corrected chi connectivity index (χ0v) is 24.2. The number of anilines is 1. The van der Waals surface area contributed by atoms with E-state index >= 15 is 0 Å². The first-order chi connectivity index (χ1) is 18.4. The van der Waals surface area contributed by atoms with Gasteiger partial charge in [-0.1, -0.05) is 25.1 Å². The van der Waals surface area contributed by atoms with Gasteiger partial charge < -0.3 is 19.4 Å². The molecule has 0 saturated carbocycles. The number of thiophene rings is 1. The summed E-state index contributed by atoms with van der Waals surface area (Å²) in [6, 6.07) is 7.86. The van der Waals surface area contributed by atoms with Gasteiger partial charge in [-0.2, -0.15) is 0 Å². The number of aromatic nitrogens is 3. The van der Waals surface area contributed by atoms with Crippen molar-refractivity contribution in [3.05, 3.63) is 40.3 Å². The molecule has 0 radical (unpaired) electrons. The van der Waals surface area contributed by atoms with E-state index < -0.39 is 0 Å². The van der Waals surface area contributed by atoms with E-state index in [2.05, 4.69) is 22.4 Å². The number of carbonyl (C=O) groups is 2. The van der Waals surface area contributed by atoms with Crippen molar-refractivity contribution in [2.24, 2.45) is 0 Å². The van der Waals surface area contributed by atoms with E-state index in [1.165, 1.54) is 28.0 Å². The molecule has 0 aliphatic heterocycles. The van der Waals surface area contributed by atoms with Crippen LogP contribution in [0.2, 0.25) is 0 Å². The number of fused-ring (bicyclic) bond motifs is 1. The maximum atomic E-state index is 13.0. The molecule has 3 aromatic rings. The van der Waals surface area contributed by atoms with E-state index in [4.69, 9.17) is 9.47 Å². The third kappa shape index (κ3) is 6.77. The summed E-state index contributed by atoms with van der Waals surface area (Å²) in [5.41, 5.74) is 2.50. The van der Waals surface area contributed by atoms with Gasteiger partial charge in [0.05, 0.1) is 24.0 Å². The van der Waals surface area contributed by atoms with Crippen LogP contribution >= 0.6 is 23.1 Å². The van der Waals surface area contributed by atoms with Crippen molar-refractivity contribution in [3.63, 3.8) is 0 Å². The quantitative estimate of drug-likeness (QED) is 0.157. The molecule has 0 saturated heterocycles. The number of esters is 1. The second-order valence-corrected chi connectivity index (χ2v) is 11.5. The minimum Gasteiger partial charge on any atom is -0.494 e. The molecule has 8 nitrogen and oxygen atoms in total. The average Bonchev–Trinajstić information content (AvgIpc) is 3.48. The standard InChI is InChI=1S/C28H36N4O4S2/c1-5-7-16-35-20-14-12-19(13-15-20)25-30-31-28(32(25)6-2)37-17-23(33)29-26-24(27(34)36-18(3)4)21-10-8-9-11-22(21)38-26/h12-15,18H,5-11,16-17H2,1-4H3,(H,29,33). The van der Waals surface area contributed by atoms with Crippen LogP contribution in [0.15, 0.2) is 29.4 Å². The van der Waals surface area contributed by atoms with E-state index in [9.17, 15) is 9.59 Å². The first kappa shape index (κ1) is 28.2. The van der Waals surface area contributed by atoms with Crippen LogP contribution in [0.1, 0.15) is 74.2 Å². The zero-order valence-electron chi connectivity index (χ0n) is 22.5. The summed E-state index contributed by atoms with van der Waals surface area (Å²) in [6.07, 6.45) is 5.81. The van der Waals surface area contributed by atoms with Crippen molar-refractivity contribution in [2.45, 2.75) is 84.0 Å². The second-order valence-electron chi connectivity index (χ2n) is 9.48. The Kier molecular flexibility index (Phi) is 9.85. The number of hydrogen-bond donors (Lipinski definition) is 1. The van der Waals surface area contributed by atoms with Crippen LogP contribution in [-0.2, 0) is 28.9 Å². The first-order valence-corrected chi connectivity index (χ1v) is 15.2. The van der Waals surface area contributed by atoms with Gasteiger partial charge in [0.15, 0.2) is 11.0 Å². The van der Waals surface area contributed by atoms with Crippen molar-refractivity contribution in [2.75, 3.05) is 17.7 Å². The maximum absolute atomic E-state index is 13.0. The molecule has 2 heterocycles. The Morgan fingerprint density at radius 1 is 1.13 bits per heavy atom. The topological polar surface area (TPSA) is 95.3 Å². The van der Waals surface area contributed by atoms with E-state index in [0.29, 0.717) is 28.9 Å². The normalized spacial score (nSPS) is 12.9. The molecule has 10 heteroatoms. The Morgan fingerprint density at radius 3 is 2.61 bits per heavy atom. The van der Waals surface area contributed by atoms with Crippen LogP contribution in [0.3, 0.4) is 0 Å². The van der Waals surface area contributed by atoms with Gasteiger partial charge in [0, 0.05) is 17.0 Å². The molecule has 0 atom stereocenters. The summed E-state index contributed by atoms with van der Waals surface area (Å²) in [7, 11) is 0. The molecule has 0 spiro atoms. The lowest BCUT2D eigenvalue weighted by Crippen LogP contribution is -2.19. The molecule has 0 fully saturated rings. The Labute approximate surface area is 232 Å². The third-order valence-electron chi connectivity index (χ3n) is 6.22. The van der Waals surface area contributed by atoms with Gasteiger partial charge in [-0.25, -0.2) is 4.79 Å². The summed E-state index contributed by atoms with van der Waals surface area (Å²) < 4.78 is 13.3. The molecule has 204 valence electrons. The molecule has 1 aromatic carbocycles. The fourth-order valence-corrected chi connectivity index (χ4v) is 6.46. The molecular formula is C28H36N4O4S2. The van der Waals surface area contributed by atoms with Crippen molar-refractivity contribution in [1.29, 1.82) is 0 Å². The number of benzene rings is 1. The lowest BCUT2D eigenvalue weighted by Gasteiger charge is -2.14. The highest BCUT2D eigenvalue weighted by Gasteiger charge is 2.28. The minimum absolute atomic E-state index is 0.156. The van der Waals surface area contributed by atoms with Gasteiger partial charge in [-0.3, -0.25) is 4.79 Å². The average molecular weight is 557 g/mol. The van der Waals surface area contributed by atoms with Crippen molar-refractivity contribution in [3.8, 4) is 17.1 Å². The molecule has 0 unspecified atom stereocenters. The van der Waals surface area contributed by atoms with Crippen LogP contribution in [0.5, 0.6) is 5.75 Å². The van der Waals surface area contributed by atoms with E-state index in [1.807, 2.05) is 49.6 Å². The summed E-state index contributed by atoms with van der Waals surface area (Å²) >= 11 is 2.83. The molecule has 2 aromatic heterocycles. The smallest absolute Gasteiger partial charge is 0.341 e. The molecule has 1 N–H and O–H groups in total. The molecule has 0 bridgehead atoms. The molecule has 1 amide bonds. The van der Waals surface area contributed by atoms with E-state index in [1.54, 1.807) is 0 Å². The number of thioether (sulfide) groups is 1. The van der Waals surface area contributed by atoms with Crippen LogP contribution in [-0.4, -0.2) is 45.1 Å². The van der Waals surface area contributed by atoms with Gasteiger partial charge in [0.25, 0.3) is 0 Å². The lowest BCUT2D eigenvalue weighted by atomic mass is 9.95. The molecular weight excluding hydrogens is 520 g/mol. The van der Waals surface area contributed by atoms with E-state index in [0.717, 1.165) is 61.2 Å². The highest BCUT2D eigenvalue weighted by molar-refractivity contribution is 7.99. The van der Waals surface area contributed by atoms with Crippen LogP contribution in [0, 0.1) is 0 Å². The summed E-state index contributed by atoms with van der Waals surface area (Å²) in [4.78, 5) is 27.0. The lowest BCUT2D eigenvalue weighted by molar-refractivity contribution is -0.113. The minimum atomic E-state index is -0.362. The van der Waals surface area contributed by atoms with Crippen LogP contribution in [0.4, 0.5) is 5.00 Å². The second kappa shape index (κ2) is 13.3. The van der Waals surface area contributed by atoms with Gasteiger partial charge in [-0.05, 0) is 82.7 Å². The maximum Gasteiger partial charge on any atom is 0.341 e. The largest absolute Gasteiger partial charge is 0.494 e. The number of aryl methyl sites for hydroxylation is 1. The predicted octanol–water partition coefficient (Wildman–Crippen LogP) is 6.38. The molecule has 1 aliphatic carbocycles. The number of hydrogen-bond acceptors (Lipinski definition) is 8.